The molecule has 1 aliphatic heterocycles. The number of hydrogen-bond acceptors (Lipinski definition) is 4. The number of likely N-dealkylation sites (tertiary alicyclic amines) is 1. The van der Waals surface area contributed by atoms with Crippen molar-refractivity contribution >= 4 is 17.8 Å². The number of carbonyl (C=O) groups is 3. The van der Waals surface area contributed by atoms with Gasteiger partial charge in [0.15, 0.2) is 0 Å². The maximum atomic E-state index is 13.2. The monoisotopic (exact) mass is 409 g/mol. The van der Waals surface area contributed by atoms with Crippen molar-refractivity contribution in [2.24, 2.45) is 5.92 Å². The average Bonchev–Trinajstić information content (AvgIpc) is 2.68. The summed E-state index contributed by atoms with van der Waals surface area (Å²) in [5.74, 6) is -1.36. The molecule has 0 aromatic carbocycles. The van der Waals surface area contributed by atoms with Gasteiger partial charge in [-0.05, 0) is 52.5 Å². The largest absolute Gasteiger partial charge is 0.478 e. The van der Waals surface area contributed by atoms with Gasteiger partial charge in [-0.3, -0.25) is 14.5 Å². The second kappa shape index (κ2) is 11.3. The first-order valence-electron chi connectivity index (χ1n) is 10.8. The standard InChI is InChI=1S/C22H39N3O4/c1-8-17(13-16(6)22(28)29)24(7)21(27)19(14(2)3)23-20(26)18-11-9-10-12-25(18)15(4)5/h13-15,17-19H,8-12H2,1-7H3,(H,23,26)(H,28,29)/b16-13+/t17?,18-,19+/m1/s1. The van der Waals surface area contributed by atoms with Gasteiger partial charge < -0.3 is 15.3 Å². The fourth-order valence-corrected chi connectivity index (χ4v) is 3.86. The van der Waals surface area contributed by atoms with E-state index in [0.717, 1.165) is 25.8 Å². The molecule has 1 aliphatic rings. The minimum absolute atomic E-state index is 0.0768. The van der Waals surface area contributed by atoms with Crippen molar-refractivity contribution in [2.45, 2.75) is 91.4 Å². The lowest BCUT2D eigenvalue weighted by atomic mass is 9.97. The van der Waals surface area contributed by atoms with Crippen LogP contribution < -0.4 is 5.32 Å². The summed E-state index contributed by atoms with van der Waals surface area (Å²) in [6.07, 6.45) is 5.09. The summed E-state index contributed by atoms with van der Waals surface area (Å²) in [5, 5.41) is 12.1. The molecular formula is C22H39N3O4. The fourth-order valence-electron chi connectivity index (χ4n) is 3.86. The van der Waals surface area contributed by atoms with Crippen LogP contribution in [0.25, 0.3) is 0 Å². The number of nitrogens with one attached hydrogen (secondary N) is 1. The van der Waals surface area contributed by atoms with Crippen molar-refractivity contribution in [3.05, 3.63) is 11.6 Å². The zero-order valence-corrected chi connectivity index (χ0v) is 19.1. The number of piperidine rings is 1. The second-order valence-electron chi connectivity index (χ2n) is 8.65. The number of rotatable bonds is 9. The van der Waals surface area contributed by atoms with Crippen molar-refractivity contribution in [3.8, 4) is 0 Å². The third-order valence-electron chi connectivity index (χ3n) is 5.78. The Kier molecular flexibility index (Phi) is 9.83. The molecule has 0 saturated carbocycles. The van der Waals surface area contributed by atoms with Crippen LogP contribution in [-0.2, 0) is 14.4 Å². The molecule has 3 atom stereocenters. The summed E-state index contributed by atoms with van der Waals surface area (Å²) < 4.78 is 0. The molecule has 0 aromatic heterocycles. The predicted molar refractivity (Wildman–Crippen MR) is 114 cm³/mol. The lowest BCUT2D eigenvalue weighted by Gasteiger charge is -2.39. The molecule has 1 rings (SSSR count). The molecule has 166 valence electrons. The maximum Gasteiger partial charge on any atom is 0.331 e. The summed E-state index contributed by atoms with van der Waals surface area (Å²) >= 11 is 0. The van der Waals surface area contributed by atoms with Gasteiger partial charge in [-0.25, -0.2) is 4.79 Å². The van der Waals surface area contributed by atoms with Crippen LogP contribution in [0.3, 0.4) is 0 Å². The van der Waals surface area contributed by atoms with Gasteiger partial charge in [0, 0.05) is 18.7 Å². The van der Waals surface area contributed by atoms with Gasteiger partial charge in [0.05, 0.1) is 12.1 Å². The van der Waals surface area contributed by atoms with E-state index in [1.807, 2.05) is 20.8 Å². The van der Waals surface area contributed by atoms with Crippen LogP contribution >= 0.6 is 0 Å². The van der Waals surface area contributed by atoms with Crippen molar-refractivity contribution in [2.75, 3.05) is 13.6 Å². The average molecular weight is 410 g/mol. The number of carboxylic acid groups (broad SMARTS) is 1. The Bertz CT molecular complexity index is 615. The summed E-state index contributed by atoms with van der Waals surface area (Å²) in [6.45, 7) is 12.3. The van der Waals surface area contributed by atoms with Gasteiger partial charge in [0.25, 0.3) is 0 Å². The number of amides is 2. The van der Waals surface area contributed by atoms with Crippen LogP contribution in [0.5, 0.6) is 0 Å². The molecule has 7 nitrogen and oxygen atoms in total. The first-order chi connectivity index (χ1) is 13.5. The molecule has 0 aromatic rings. The topological polar surface area (TPSA) is 90.0 Å². The van der Waals surface area contributed by atoms with Crippen LogP contribution in [0.15, 0.2) is 11.6 Å². The normalized spacial score (nSPS) is 20.4. The van der Waals surface area contributed by atoms with E-state index in [0.29, 0.717) is 6.42 Å². The van der Waals surface area contributed by atoms with Crippen molar-refractivity contribution in [3.63, 3.8) is 0 Å². The minimum atomic E-state index is -0.996. The number of carboxylic acids is 1. The highest BCUT2D eigenvalue weighted by Gasteiger charge is 2.35. The Labute approximate surface area is 175 Å². The summed E-state index contributed by atoms with van der Waals surface area (Å²) in [4.78, 5) is 41.2. The zero-order valence-electron chi connectivity index (χ0n) is 19.1. The molecule has 1 fully saturated rings. The van der Waals surface area contributed by atoms with E-state index in [4.69, 9.17) is 5.11 Å². The number of carbonyl (C=O) groups excluding carboxylic acids is 2. The van der Waals surface area contributed by atoms with E-state index in [2.05, 4.69) is 24.1 Å². The van der Waals surface area contributed by atoms with Crippen LogP contribution in [0, 0.1) is 5.92 Å². The van der Waals surface area contributed by atoms with Gasteiger partial charge in [-0.15, -0.1) is 0 Å². The molecule has 29 heavy (non-hydrogen) atoms. The summed E-state index contributed by atoms with van der Waals surface area (Å²) in [7, 11) is 1.67. The van der Waals surface area contributed by atoms with Crippen molar-refractivity contribution < 1.29 is 19.5 Å². The van der Waals surface area contributed by atoms with Crippen LogP contribution in [0.1, 0.15) is 67.2 Å². The second-order valence-corrected chi connectivity index (χ2v) is 8.65. The molecule has 2 amide bonds. The Hall–Kier alpha value is -1.89. The third kappa shape index (κ3) is 6.84. The van der Waals surface area contributed by atoms with Crippen molar-refractivity contribution in [1.82, 2.24) is 15.1 Å². The Morgan fingerprint density at radius 2 is 1.83 bits per heavy atom. The molecule has 7 heteroatoms. The van der Waals surface area contributed by atoms with Crippen LogP contribution in [-0.4, -0.2) is 70.4 Å². The quantitative estimate of drug-likeness (QED) is 0.572. The predicted octanol–water partition coefficient (Wildman–Crippen LogP) is 2.66. The molecular weight excluding hydrogens is 370 g/mol. The Morgan fingerprint density at radius 1 is 1.21 bits per heavy atom. The number of aliphatic carboxylic acids is 1. The highest BCUT2D eigenvalue weighted by Crippen LogP contribution is 2.21. The van der Waals surface area contributed by atoms with Gasteiger partial charge >= 0.3 is 5.97 Å². The van der Waals surface area contributed by atoms with E-state index in [-0.39, 0.29) is 41.4 Å². The van der Waals surface area contributed by atoms with Gasteiger partial charge in [-0.2, -0.15) is 0 Å². The Morgan fingerprint density at radius 3 is 2.31 bits per heavy atom. The van der Waals surface area contributed by atoms with E-state index in [9.17, 15) is 14.4 Å². The first-order valence-corrected chi connectivity index (χ1v) is 10.8. The lowest BCUT2D eigenvalue weighted by molar-refractivity contribution is -0.140. The number of likely N-dealkylation sites (N-methyl/N-ethyl adjacent to an activating group) is 1. The van der Waals surface area contributed by atoms with Crippen molar-refractivity contribution in [1.29, 1.82) is 0 Å². The van der Waals surface area contributed by atoms with Crippen LogP contribution in [0.2, 0.25) is 0 Å². The highest BCUT2D eigenvalue weighted by molar-refractivity contribution is 5.90. The molecule has 0 spiro atoms. The molecule has 0 aliphatic carbocycles. The molecule has 1 unspecified atom stereocenters. The van der Waals surface area contributed by atoms with Gasteiger partial charge in [0.1, 0.15) is 6.04 Å². The molecule has 2 N–H and O–H groups in total. The van der Waals surface area contributed by atoms with E-state index in [1.54, 1.807) is 18.0 Å². The third-order valence-corrected chi connectivity index (χ3v) is 5.78. The number of hydrogen-bond donors (Lipinski definition) is 2. The minimum Gasteiger partial charge on any atom is -0.478 e. The number of nitrogens with zero attached hydrogens (tertiary/aromatic N) is 2. The maximum absolute atomic E-state index is 13.2. The molecule has 0 radical (unpaired) electrons. The smallest absolute Gasteiger partial charge is 0.331 e. The lowest BCUT2D eigenvalue weighted by Crippen LogP contribution is -2.58. The first kappa shape index (κ1) is 25.1. The SMILES string of the molecule is CCC(/C=C(\C)C(=O)O)N(C)C(=O)[C@@H](NC(=O)[C@H]1CCCCN1C(C)C)C(C)C. The Balaban J connectivity index is 2.97. The van der Waals surface area contributed by atoms with E-state index < -0.39 is 12.0 Å². The summed E-state index contributed by atoms with van der Waals surface area (Å²) in [6, 6.07) is -0.913. The van der Waals surface area contributed by atoms with Gasteiger partial charge in [-0.1, -0.05) is 33.3 Å². The molecule has 1 heterocycles. The highest BCUT2D eigenvalue weighted by atomic mass is 16.4. The van der Waals surface area contributed by atoms with E-state index in [1.165, 1.54) is 6.92 Å². The fraction of sp³-hybridized carbons (Fsp3) is 0.773. The zero-order chi connectivity index (χ0) is 22.3. The van der Waals surface area contributed by atoms with E-state index >= 15 is 0 Å². The molecule has 1 saturated heterocycles. The molecule has 0 bridgehead atoms. The summed E-state index contributed by atoms with van der Waals surface area (Å²) in [5.41, 5.74) is 0.205. The van der Waals surface area contributed by atoms with Gasteiger partial charge in [0.2, 0.25) is 11.8 Å². The van der Waals surface area contributed by atoms with Crippen LogP contribution in [0.4, 0.5) is 0 Å².